The molecule has 0 radical (unpaired) electrons. The van der Waals surface area contributed by atoms with Gasteiger partial charge in [0, 0.05) is 67.7 Å². The van der Waals surface area contributed by atoms with E-state index in [1.165, 1.54) is 84.3 Å². The van der Waals surface area contributed by atoms with Crippen molar-refractivity contribution in [3.8, 4) is 0 Å². The summed E-state index contributed by atoms with van der Waals surface area (Å²) in [5, 5.41) is 0. The van der Waals surface area contributed by atoms with Crippen molar-refractivity contribution in [3.63, 3.8) is 0 Å². The number of rotatable bonds is 5. The molecule has 5 heteroatoms. The molecule has 0 aromatic carbocycles. The molecule has 0 N–H and O–H groups in total. The second kappa shape index (κ2) is 9.18. The van der Waals surface area contributed by atoms with Crippen LogP contribution in [0.15, 0.2) is 0 Å². The minimum Gasteiger partial charge on any atom is -0.375 e. The molecule has 0 amide bonds. The van der Waals surface area contributed by atoms with Crippen molar-refractivity contribution in [2.75, 3.05) is 45.8 Å². The van der Waals surface area contributed by atoms with Crippen molar-refractivity contribution in [1.82, 2.24) is 12.9 Å². The lowest BCUT2D eigenvalue weighted by Gasteiger charge is -2.48. The van der Waals surface area contributed by atoms with Gasteiger partial charge in [-0.3, -0.25) is 4.90 Å². The van der Waals surface area contributed by atoms with Crippen LogP contribution in [0.4, 0.5) is 0 Å². The van der Waals surface area contributed by atoms with Crippen molar-refractivity contribution in [3.05, 3.63) is 0 Å². The number of piperidine rings is 1. The highest BCUT2D eigenvalue weighted by molar-refractivity contribution is 14.1. The molecular formula is C20H38IN3O. The number of nitrogens with zero attached hydrogens (tertiary/aromatic N) is 3. The predicted molar refractivity (Wildman–Crippen MR) is 113 cm³/mol. The van der Waals surface area contributed by atoms with Crippen LogP contribution in [0, 0.1) is 5.92 Å². The van der Waals surface area contributed by atoms with E-state index in [-0.39, 0.29) is 0 Å². The normalized spacial score (nSPS) is 33.6. The lowest BCUT2D eigenvalue weighted by atomic mass is 9.85. The largest absolute Gasteiger partial charge is 0.375 e. The van der Waals surface area contributed by atoms with Crippen molar-refractivity contribution >= 4 is 22.9 Å². The number of ether oxygens (including phenoxy) is 1. The number of hydrogen-bond donors (Lipinski definition) is 0. The van der Waals surface area contributed by atoms with E-state index in [0.29, 0.717) is 17.7 Å². The smallest absolute Gasteiger partial charge is 0.0603 e. The van der Waals surface area contributed by atoms with E-state index >= 15 is 0 Å². The molecule has 1 aliphatic carbocycles. The first kappa shape index (κ1) is 20.3. The van der Waals surface area contributed by atoms with Crippen LogP contribution in [-0.4, -0.2) is 76.5 Å². The first-order valence-corrected chi connectivity index (χ1v) is 11.5. The molecule has 2 heterocycles. The van der Waals surface area contributed by atoms with E-state index in [0.717, 1.165) is 5.92 Å². The highest BCUT2D eigenvalue weighted by Crippen LogP contribution is 2.31. The topological polar surface area (TPSA) is 19.0 Å². The Morgan fingerprint density at radius 2 is 1.56 bits per heavy atom. The zero-order valence-corrected chi connectivity index (χ0v) is 18.7. The van der Waals surface area contributed by atoms with Crippen LogP contribution in [0.5, 0.6) is 0 Å². The van der Waals surface area contributed by atoms with Gasteiger partial charge in [0.15, 0.2) is 0 Å². The van der Waals surface area contributed by atoms with Gasteiger partial charge in [0.25, 0.3) is 0 Å². The lowest BCUT2D eigenvalue weighted by Crippen LogP contribution is -2.60. The molecule has 1 saturated carbocycles. The highest BCUT2D eigenvalue weighted by Gasteiger charge is 2.35. The van der Waals surface area contributed by atoms with E-state index in [1.807, 2.05) is 0 Å². The predicted octanol–water partition coefficient (Wildman–Crippen LogP) is 3.79. The summed E-state index contributed by atoms with van der Waals surface area (Å²) in [7, 11) is 0. The second-order valence-electron chi connectivity index (χ2n) is 9.02. The Labute approximate surface area is 169 Å². The van der Waals surface area contributed by atoms with Gasteiger partial charge in [-0.1, -0.05) is 6.92 Å². The molecule has 0 aromatic rings. The molecule has 0 spiro atoms. The minimum absolute atomic E-state index is 0.328. The fourth-order valence-electron chi connectivity index (χ4n) is 4.89. The van der Waals surface area contributed by atoms with E-state index in [9.17, 15) is 0 Å². The molecule has 2 aliphatic heterocycles. The Morgan fingerprint density at radius 3 is 2.16 bits per heavy atom. The fourth-order valence-corrected chi connectivity index (χ4v) is 5.45. The average Bonchev–Trinajstić information content (AvgIpc) is 2.60. The van der Waals surface area contributed by atoms with Crippen molar-refractivity contribution in [1.29, 1.82) is 0 Å². The second-order valence-corrected chi connectivity index (χ2v) is 10.4. The molecule has 146 valence electrons. The van der Waals surface area contributed by atoms with Crippen LogP contribution < -0.4 is 0 Å². The van der Waals surface area contributed by atoms with E-state index < -0.39 is 0 Å². The van der Waals surface area contributed by atoms with Crippen LogP contribution >= 0.6 is 22.9 Å². The van der Waals surface area contributed by atoms with Gasteiger partial charge < -0.3 is 9.64 Å². The van der Waals surface area contributed by atoms with Gasteiger partial charge >= 0.3 is 0 Å². The summed E-state index contributed by atoms with van der Waals surface area (Å²) >= 11 is 2.44. The van der Waals surface area contributed by atoms with Crippen LogP contribution in [0.1, 0.15) is 59.3 Å². The molecular weight excluding hydrogens is 425 g/mol. The minimum atomic E-state index is 0.328. The summed E-state index contributed by atoms with van der Waals surface area (Å²) in [5.41, 5.74) is 0.328. The molecule has 2 saturated heterocycles. The lowest BCUT2D eigenvalue weighted by molar-refractivity contribution is -0.0583. The van der Waals surface area contributed by atoms with Gasteiger partial charge in [-0.25, -0.2) is 3.11 Å². The number of piperazine rings is 1. The molecule has 0 bridgehead atoms. The van der Waals surface area contributed by atoms with Crippen LogP contribution in [-0.2, 0) is 4.74 Å². The number of likely N-dealkylation sites (N-methyl/N-ethyl adjacent to an activating group) is 1. The van der Waals surface area contributed by atoms with Gasteiger partial charge in [-0.05, 0) is 64.8 Å². The summed E-state index contributed by atoms with van der Waals surface area (Å²) in [5.74, 6) is 0.878. The van der Waals surface area contributed by atoms with Gasteiger partial charge in [-0.2, -0.15) is 0 Å². The van der Waals surface area contributed by atoms with E-state index in [2.05, 4.69) is 56.5 Å². The zero-order valence-electron chi connectivity index (χ0n) is 16.6. The zero-order chi connectivity index (χ0) is 17.9. The summed E-state index contributed by atoms with van der Waals surface area (Å²) in [6.07, 6.45) is 8.78. The molecule has 0 atom stereocenters. The average molecular weight is 463 g/mol. The monoisotopic (exact) mass is 463 g/mol. The van der Waals surface area contributed by atoms with Crippen LogP contribution in [0.3, 0.4) is 0 Å². The summed E-state index contributed by atoms with van der Waals surface area (Å²) < 4.78 is 8.84. The van der Waals surface area contributed by atoms with E-state index in [1.54, 1.807) is 0 Å². The van der Waals surface area contributed by atoms with Gasteiger partial charge in [0.1, 0.15) is 0 Å². The molecule has 0 aromatic heterocycles. The van der Waals surface area contributed by atoms with E-state index in [4.69, 9.17) is 4.74 Å². The Bertz CT molecular complexity index is 404. The summed E-state index contributed by atoms with van der Waals surface area (Å²) in [6, 6.07) is 0. The molecule has 4 nitrogen and oxygen atoms in total. The van der Waals surface area contributed by atoms with Crippen molar-refractivity contribution < 1.29 is 4.74 Å². The Balaban J connectivity index is 1.39. The third-order valence-electron chi connectivity index (χ3n) is 6.64. The summed E-state index contributed by atoms with van der Waals surface area (Å²) in [4.78, 5) is 5.36. The molecule has 25 heavy (non-hydrogen) atoms. The van der Waals surface area contributed by atoms with Gasteiger partial charge in [0.2, 0.25) is 0 Å². The highest BCUT2D eigenvalue weighted by atomic mass is 127. The maximum Gasteiger partial charge on any atom is 0.0603 e. The van der Waals surface area contributed by atoms with Crippen LogP contribution in [0.25, 0.3) is 0 Å². The Kier molecular flexibility index (Phi) is 7.45. The van der Waals surface area contributed by atoms with Gasteiger partial charge in [-0.15, -0.1) is 0 Å². The van der Waals surface area contributed by atoms with Crippen LogP contribution in [0.2, 0.25) is 0 Å². The Morgan fingerprint density at radius 1 is 0.920 bits per heavy atom. The quantitative estimate of drug-likeness (QED) is 0.456. The van der Waals surface area contributed by atoms with Crippen molar-refractivity contribution in [2.24, 2.45) is 5.92 Å². The Hall–Kier alpha value is 0.570. The number of halogens is 1. The third-order valence-corrected chi connectivity index (χ3v) is 7.61. The summed E-state index contributed by atoms with van der Waals surface area (Å²) in [6.45, 7) is 15.7. The molecule has 3 fully saturated rings. The van der Waals surface area contributed by atoms with Crippen molar-refractivity contribution in [2.45, 2.75) is 77.0 Å². The maximum absolute atomic E-state index is 6.44. The molecule has 3 aliphatic rings. The van der Waals surface area contributed by atoms with Gasteiger partial charge in [0.05, 0.1) is 12.2 Å². The first-order valence-electron chi connectivity index (χ1n) is 10.5. The maximum atomic E-state index is 6.44. The SMILES string of the molecule is CCN1CCN(CC2CCC(OC3CCN(I)CC3)CC2)C(C)(C)C1. The first-order chi connectivity index (χ1) is 12.0. The fraction of sp³-hybridized carbons (Fsp3) is 1.00. The molecule has 0 unspecified atom stereocenters. The standard InChI is InChI=1S/C20H38IN3O/c1-4-22-13-14-23(20(2,3)16-22)15-17-5-7-18(8-6-17)25-19-9-11-24(21)12-10-19/h17-19H,4-16H2,1-3H3. The third kappa shape index (κ3) is 5.77. The molecule has 3 rings (SSSR count). The number of hydrogen-bond acceptors (Lipinski definition) is 4.